The monoisotopic (exact) mass is 355 g/mol. The van der Waals surface area contributed by atoms with E-state index < -0.39 is 0 Å². The highest BCUT2D eigenvalue weighted by atomic mass is 16.3. The molecule has 1 aliphatic heterocycles. The second kappa shape index (κ2) is 8.90. The molecule has 1 aromatic heterocycles. The molecule has 1 fully saturated rings. The second-order valence-electron chi connectivity index (χ2n) is 7.29. The zero-order chi connectivity index (χ0) is 18.4. The third kappa shape index (κ3) is 4.88. The van der Waals surface area contributed by atoms with Crippen LogP contribution < -0.4 is 10.2 Å². The molecule has 0 aliphatic carbocycles. The Morgan fingerprint density at radius 2 is 1.81 bits per heavy atom. The molecule has 1 atom stereocenters. The van der Waals surface area contributed by atoms with Gasteiger partial charge in [0.2, 0.25) is 5.91 Å². The lowest BCUT2D eigenvalue weighted by Crippen LogP contribution is -2.49. The predicted octanol–water partition coefficient (Wildman–Crippen LogP) is 3.31. The van der Waals surface area contributed by atoms with Crippen LogP contribution in [0.15, 0.2) is 53.1 Å². The van der Waals surface area contributed by atoms with Crippen molar-refractivity contribution in [3.05, 3.63) is 54.5 Å². The minimum atomic E-state index is 0.0824. The normalized spacial score (nSPS) is 16.7. The van der Waals surface area contributed by atoms with Crippen molar-refractivity contribution in [2.75, 3.05) is 37.6 Å². The Morgan fingerprint density at radius 1 is 1.08 bits per heavy atom. The van der Waals surface area contributed by atoms with Gasteiger partial charge in [-0.1, -0.05) is 32.0 Å². The van der Waals surface area contributed by atoms with Gasteiger partial charge in [-0.2, -0.15) is 0 Å². The lowest BCUT2D eigenvalue weighted by atomic mass is 10.1. The first-order valence-electron chi connectivity index (χ1n) is 9.47. The fourth-order valence-electron chi connectivity index (χ4n) is 3.47. The average Bonchev–Trinajstić information content (AvgIpc) is 3.17. The van der Waals surface area contributed by atoms with Crippen LogP contribution >= 0.6 is 0 Å². The maximum atomic E-state index is 12.1. The maximum absolute atomic E-state index is 12.1. The van der Waals surface area contributed by atoms with Crippen LogP contribution in [0.2, 0.25) is 0 Å². The number of carbonyl (C=O) groups excluding carboxylic acids is 1. The zero-order valence-corrected chi connectivity index (χ0v) is 15.7. The number of hydrogen-bond acceptors (Lipinski definition) is 4. The Kier molecular flexibility index (Phi) is 6.34. The van der Waals surface area contributed by atoms with E-state index in [0.717, 1.165) is 31.9 Å². The van der Waals surface area contributed by atoms with E-state index in [1.165, 1.54) is 5.69 Å². The van der Waals surface area contributed by atoms with Crippen molar-refractivity contribution in [3.63, 3.8) is 0 Å². The fourth-order valence-corrected chi connectivity index (χ4v) is 3.47. The van der Waals surface area contributed by atoms with Crippen LogP contribution in [-0.2, 0) is 4.79 Å². The number of nitrogens with zero attached hydrogens (tertiary/aromatic N) is 2. The molecule has 0 bridgehead atoms. The number of carbonyl (C=O) groups is 1. The van der Waals surface area contributed by atoms with Crippen molar-refractivity contribution >= 4 is 11.6 Å². The molecule has 26 heavy (non-hydrogen) atoms. The van der Waals surface area contributed by atoms with Gasteiger partial charge in [0.15, 0.2) is 0 Å². The molecule has 1 unspecified atom stereocenters. The smallest absolute Gasteiger partial charge is 0.220 e. The van der Waals surface area contributed by atoms with Gasteiger partial charge in [0.1, 0.15) is 5.76 Å². The van der Waals surface area contributed by atoms with Crippen molar-refractivity contribution in [1.82, 2.24) is 10.2 Å². The standard InChI is InChI=1S/C21H29N3O2/c1-17(2)15-21(25)22-16-19(20-9-6-14-26-20)24-12-10-23(11-13-24)18-7-4-3-5-8-18/h3-9,14,17,19H,10-13,15-16H2,1-2H3,(H,22,25). The summed E-state index contributed by atoms with van der Waals surface area (Å²) in [7, 11) is 0. The molecule has 5 nitrogen and oxygen atoms in total. The summed E-state index contributed by atoms with van der Waals surface area (Å²) in [4.78, 5) is 16.9. The van der Waals surface area contributed by atoms with E-state index in [4.69, 9.17) is 4.42 Å². The van der Waals surface area contributed by atoms with E-state index in [1.807, 2.05) is 18.2 Å². The summed E-state index contributed by atoms with van der Waals surface area (Å²) in [5.41, 5.74) is 1.27. The fraction of sp³-hybridized carbons (Fsp3) is 0.476. The Labute approximate surface area is 156 Å². The van der Waals surface area contributed by atoms with E-state index in [0.29, 0.717) is 18.9 Å². The molecular weight excluding hydrogens is 326 g/mol. The molecule has 3 rings (SSSR count). The molecule has 140 valence electrons. The molecular formula is C21H29N3O2. The molecule has 1 aromatic carbocycles. The molecule has 0 spiro atoms. The summed E-state index contributed by atoms with van der Waals surface area (Å²) in [6, 6.07) is 14.5. The lowest BCUT2D eigenvalue weighted by Gasteiger charge is -2.39. The van der Waals surface area contributed by atoms with Crippen molar-refractivity contribution in [2.45, 2.75) is 26.3 Å². The largest absolute Gasteiger partial charge is 0.468 e. The van der Waals surface area contributed by atoms with Gasteiger partial charge in [-0.15, -0.1) is 0 Å². The SMILES string of the molecule is CC(C)CC(=O)NCC(c1ccco1)N1CCN(c2ccccc2)CC1. The summed E-state index contributed by atoms with van der Waals surface area (Å²) in [5.74, 6) is 1.40. The number of rotatable bonds is 7. The first-order chi connectivity index (χ1) is 12.6. The number of anilines is 1. The van der Waals surface area contributed by atoms with Gasteiger partial charge in [0.05, 0.1) is 12.3 Å². The van der Waals surface area contributed by atoms with Crippen molar-refractivity contribution in [1.29, 1.82) is 0 Å². The third-order valence-electron chi connectivity index (χ3n) is 4.83. The molecule has 0 saturated carbocycles. The second-order valence-corrected chi connectivity index (χ2v) is 7.29. The molecule has 1 saturated heterocycles. The Morgan fingerprint density at radius 3 is 2.42 bits per heavy atom. The molecule has 2 heterocycles. The van der Waals surface area contributed by atoms with Crippen LogP contribution in [-0.4, -0.2) is 43.5 Å². The number of furan rings is 1. The van der Waals surface area contributed by atoms with E-state index in [-0.39, 0.29) is 11.9 Å². The number of amides is 1. The quantitative estimate of drug-likeness (QED) is 0.828. The lowest BCUT2D eigenvalue weighted by molar-refractivity contribution is -0.122. The van der Waals surface area contributed by atoms with E-state index in [9.17, 15) is 4.79 Å². The van der Waals surface area contributed by atoms with Crippen LogP contribution in [0, 0.1) is 5.92 Å². The van der Waals surface area contributed by atoms with Gasteiger partial charge in [0.25, 0.3) is 0 Å². The van der Waals surface area contributed by atoms with Crippen LogP contribution in [0.4, 0.5) is 5.69 Å². The molecule has 1 N–H and O–H groups in total. The first kappa shape index (κ1) is 18.5. The number of benzene rings is 1. The number of para-hydroxylation sites is 1. The van der Waals surface area contributed by atoms with Gasteiger partial charge >= 0.3 is 0 Å². The Hall–Kier alpha value is -2.27. The van der Waals surface area contributed by atoms with Gasteiger partial charge in [-0.3, -0.25) is 9.69 Å². The van der Waals surface area contributed by atoms with Crippen molar-refractivity contribution < 1.29 is 9.21 Å². The topological polar surface area (TPSA) is 48.7 Å². The minimum Gasteiger partial charge on any atom is -0.468 e. The van der Waals surface area contributed by atoms with Crippen LogP contribution in [0.1, 0.15) is 32.1 Å². The van der Waals surface area contributed by atoms with Crippen LogP contribution in [0.3, 0.4) is 0 Å². The highest BCUT2D eigenvalue weighted by Gasteiger charge is 2.27. The Bertz CT molecular complexity index is 662. The highest BCUT2D eigenvalue weighted by Crippen LogP contribution is 2.24. The summed E-state index contributed by atoms with van der Waals surface area (Å²) in [5, 5.41) is 3.09. The van der Waals surface area contributed by atoms with Crippen LogP contribution in [0.25, 0.3) is 0 Å². The third-order valence-corrected chi connectivity index (χ3v) is 4.83. The van der Waals surface area contributed by atoms with Gasteiger partial charge in [-0.05, 0) is 30.2 Å². The van der Waals surface area contributed by atoms with E-state index in [1.54, 1.807) is 6.26 Å². The van der Waals surface area contributed by atoms with Gasteiger partial charge in [0, 0.05) is 44.8 Å². The molecule has 5 heteroatoms. The molecule has 1 amide bonds. The van der Waals surface area contributed by atoms with Crippen LogP contribution in [0.5, 0.6) is 0 Å². The number of nitrogens with one attached hydrogen (secondary N) is 1. The molecule has 2 aromatic rings. The molecule has 1 aliphatic rings. The number of piperazine rings is 1. The number of hydrogen-bond donors (Lipinski definition) is 1. The van der Waals surface area contributed by atoms with Gasteiger partial charge in [-0.25, -0.2) is 0 Å². The summed E-state index contributed by atoms with van der Waals surface area (Å²) < 4.78 is 5.67. The summed E-state index contributed by atoms with van der Waals surface area (Å²) in [6.45, 7) is 8.55. The maximum Gasteiger partial charge on any atom is 0.220 e. The average molecular weight is 355 g/mol. The molecule has 0 radical (unpaired) electrons. The van der Waals surface area contributed by atoms with Crippen molar-refractivity contribution in [2.24, 2.45) is 5.92 Å². The zero-order valence-electron chi connectivity index (χ0n) is 15.7. The minimum absolute atomic E-state index is 0.0824. The predicted molar refractivity (Wildman–Crippen MR) is 104 cm³/mol. The van der Waals surface area contributed by atoms with Crippen molar-refractivity contribution in [3.8, 4) is 0 Å². The summed E-state index contributed by atoms with van der Waals surface area (Å²) >= 11 is 0. The summed E-state index contributed by atoms with van der Waals surface area (Å²) in [6.07, 6.45) is 2.27. The van der Waals surface area contributed by atoms with Gasteiger partial charge < -0.3 is 14.6 Å². The van der Waals surface area contributed by atoms with E-state index >= 15 is 0 Å². The first-order valence-corrected chi connectivity index (χ1v) is 9.47. The van der Waals surface area contributed by atoms with E-state index in [2.05, 4.69) is 53.2 Å². The Balaban J connectivity index is 1.60. The highest BCUT2D eigenvalue weighted by molar-refractivity contribution is 5.76.